The Labute approximate surface area is 157 Å². The molecule has 1 aromatic heterocycles. The van der Waals surface area contributed by atoms with E-state index in [0.717, 1.165) is 11.1 Å². The van der Waals surface area contributed by atoms with Crippen LogP contribution in [0.25, 0.3) is 11.1 Å². The lowest BCUT2D eigenvalue weighted by molar-refractivity contribution is 0.158. The topological polar surface area (TPSA) is 79.9 Å². The Morgan fingerprint density at radius 3 is 2.37 bits per heavy atom. The molecule has 6 heteroatoms. The van der Waals surface area contributed by atoms with E-state index in [4.69, 9.17) is 4.74 Å². The van der Waals surface area contributed by atoms with E-state index in [1.165, 1.54) is 11.1 Å². The standard InChI is InChI=1S/C21H18N4O2/c1-13-23-19(11-22)20(25(13)2)24-21(26)27-12-18-16-9-5-3-7-14(16)15-8-4-6-10-17(15)18/h3-10,18H,12H2,1-2H3,(H,24,26). The maximum atomic E-state index is 12.3. The van der Waals surface area contributed by atoms with Crippen molar-refractivity contribution in [3.8, 4) is 17.2 Å². The molecule has 27 heavy (non-hydrogen) atoms. The molecule has 0 saturated heterocycles. The number of nitriles is 1. The molecule has 6 nitrogen and oxygen atoms in total. The summed E-state index contributed by atoms with van der Waals surface area (Å²) in [6.45, 7) is 1.99. The summed E-state index contributed by atoms with van der Waals surface area (Å²) in [4.78, 5) is 16.4. The summed E-state index contributed by atoms with van der Waals surface area (Å²) in [5, 5.41) is 11.8. The van der Waals surface area contributed by atoms with Gasteiger partial charge in [-0.2, -0.15) is 5.26 Å². The van der Waals surface area contributed by atoms with Gasteiger partial charge in [-0.05, 0) is 29.2 Å². The zero-order chi connectivity index (χ0) is 19.0. The van der Waals surface area contributed by atoms with Gasteiger partial charge >= 0.3 is 6.09 Å². The molecule has 1 amide bonds. The van der Waals surface area contributed by atoms with Gasteiger partial charge in [-0.1, -0.05) is 48.5 Å². The van der Waals surface area contributed by atoms with Crippen molar-refractivity contribution in [3.05, 3.63) is 71.2 Å². The summed E-state index contributed by atoms with van der Waals surface area (Å²) in [6, 6.07) is 18.3. The first-order valence-electron chi connectivity index (χ1n) is 8.65. The number of aromatic nitrogens is 2. The van der Waals surface area contributed by atoms with Crippen LogP contribution in [0.15, 0.2) is 48.5 Å². The van der Waals surface area contributed by atoms with Crippen LogP contribution in [-0.2, 0) is 11.8 Å². The van der Waals surface area contributed by atoms with Gasteiger partial charge in [0, 0.05) is 13.0 Å². The second-order valence-electron chi connectivity index (χ2n) is 6.48. The molecule has 3 aromatic rings. The van der Waals surface area contributed by atoms with E-state index in [1.807, 2.05) is 30.3 Å². The molecule has 0 radical (unpaired) electrons. The first-order valence-corrected chi connectivity index (χ1v) is 8.65. The highest BCUT2D eigenvalue weighted by Crippen LogP contribution is 2.44. The summed E-state index contributed by atoms with van der Waals surface area (Å²) in [7, 11) is 1.74. The molecule has 0 bridgehead atoms. The van der Waals surface area contributed by atoms with Gasteiger partial charge in [0.15, 0.2) is 11.5 Å². The van der Waals surface area contributed by atoms with Crippen molar-refractivity contribution in [2.45, 2.75) is 12.8 Å². The molecule has 1 aliphatic rings. The van der Waals surface area contributed by atoms with Gasteiger partial charge in [-0.15, -0.1) is 0 Å². The third kappa shape index (κ3) is 2.83. The molecular formula is C21H18N4O2. The molecular weight excluding hydrogens is 340 g/mol. The smallest absolute Gasteiger partial charge is 0.412 e. The Balaban J connectivity index is 1.53. The molecule has 1 aliphatic carbocycles. The number of nitrogens with one attached hydrogen (secondary N) is 1. The highest BCUT2D eigenvalue weighted by atomic mass is 16.5. The van der Waals surface area contributed by atoms with Crippen LogP contribution in [0.1, 0.15) is 28.6 Å². The number of ether oxygens (including phenoxy) is 1. The molecule has 2 aromatic carbocycles. The fourth-order valence-corrected chi connectivity index (χ4v) is 3.56. The second-order valence-corrected chi connectivity index (χ2v) is 6.48. The lowest BCUT2D eigenvalue weighted by Crippen LogP contribution is -2.19. The van der Waals surface area contributed by atoms with Crippen molar-refractivity contribution >= 4 is 11.9 Å². The minimum atomic E-state index is -0.601. The van der Waals surface area contributed by atoms with Gasteiger partial charge in [-0.3, -0.25) is 5.32 Å². The Hall–Kier alpha value is -3.59. The van der Waals surface area contributed by atoms with Crippen LogP contribution < -0.4 is 5.32 Å². The lowest BCUT2D eigenvalue weighted by Gasteiger charge is -2.14. The normalized spacial score (nSPS) is 12.2. The molecule has 0 unspecified atom stereocenters. The van der Waals surface area contributed by atoms with E-state index in [9.17, 15) is 10.1 Å². The van der Waals surface area contributed by atoms with Crippen LogP contribution in [-0.4, -0.2) is 22.3 Å². The van der Waals surface area contributed by atoms with Crippen LogP contribution in [0.3, 0.4) is 0 Å². The van der Waals surface area contributed by atoms with Crippen molar-refractivity contribution in [2.24, 2.45) is 7.05 Å². The largest absolute Gasteiger partial charge is 0.448 e. The third-order valence-electron chi connectivity index (χ3n) is 4.99. The molecule has 0 atom stereocenters. The molecule has 1 N–H and O–H groups in total. The Morgan fingerprint density at radius 2 is 1.78 bits per heavy atom. The number of hydrogen-bond donors (Lipinski definition) is 1. The second kappa shape index (κ2) is 6.61. The van der Waals surface area contributed by atoms with Gasteiger partial charge in [0.25, 0.3) is 0 Å². The van der Waals surface area contributed by atoms with E-state index in [-0.39, 0.29) is 18.2 Å². The minimum absolute atomic E-state index is 0.00754. The predicted molar refractivity (Wildman–Crippen MR) is 101 cm³/mol. The van der Waals surface area contributed by atoms with Crippen molar-refractivity contribution in [2.75, 3.05) is 11.9 Å². The van der Waals surface area contributed by atoms with E-state index in [2.05, 4.69) is 34.6 Å². The number of amides is 1. The van der Waals surface area contributed by atoms with Gasteiger partial charge < -0.3 is 9.30 Å². The molecule has 4 rings (SSSR count). The van der Waals surface area contributed by atoms with Crippen LogP contribution in [0.4, 0.5) is 10.6 Å². The maximum Gasteiger partial charge on any atom is 0.412 e. The molecule has 0 saturated carbocycles. The third-order valence-corrected chi connectivity index (χ3v) is 4.99. The first-order chi connectivity index (χ1) is 13.1. The number of benzene rings is 2. The molecule has 0 aliphatic heterocycles. The quantitative estimate of drug-likeness (QED) is 0.768. The van der Waals surface area contributed by atoms with Crippen molar-refractivity contribution in [3.63, 3.8) is 0 Å². The summed E-state index contributed by atoms with van der Waals surface area (Å²) in [6.07, 6.45) is -0.601. The number of hydrogen-bond acceptors (Lipinski definition) is 4. The summed E-state index contributed by atoms with van der Waals surface area (Å²) < 4.78 is 7.16. The highest BCUT2D eigenvalue weighted by molar-refractivity contribution is 5.85. The maximum absolute atomic E-state index is 12.3. The van der Waals surface area contributed by atoms with Crippen molar-refractivity contribution in [1.82, 2.24) is 9.55 Å². The summed E-state index contributed by atoms with van der Waals surface area (Å²) >= 11 is 0. The Kier molecular flexibility index (Phi) is 4.13. The number of imidazole rings is 1. The van der Waals surface area contributed by atoms with Gasteiger partial charge in [-0.25, -0.2) is 9.78 Å². The van der Waals surface area contributed by atoms with E-state index >= 15 is 0 Å². The van der Waals surface area contributed by atoms with E-state index in [0.29, 0.717) is 11.6 Å². The van der Waals surface area contributed by atoms with Crippen LogP contribution in [0.2, 0.25) is 0 Å². The fourth-order valence-electron chi connectivity index (χ4n) is 3.56. The molecule has 1 heterocycles. The molecule has 134 valence electrons. The average Bonchev–Trinajstić information content (AvgIpc) is 3.15. The number of anilines is 1. The monoisotopic (exact) mass is 358 g/mol. The molecule has 0 spiro atoms. The number of carbonyl (C=O) groups is 1. The van der Waals surface area contributed by atoms with Gasteiger partial charge in [0.05, 0.1) is 0 Å². The minimum Gasteiger partial charge on any atom is -0.448 e. The summed E-state index contributed by atoms with van der Waals surface area (Å²) in [5.74, 6) is 0.972. The predicted octanol–water partition coefficient (Wildman–Crippen LogP) is 3.96. The van der Waals surface area contributed by atoms with Crippen molar-refractivity contribution in [1.29, 1.82) is 5.26 Å². The zero-order valence-corrected chi connectivity index (χ0v) is 15.1. The Morgan fingerprint density at radius 1 is 1.19 bits per heavy atom. The number of nitrogens with zero attached hydrogens (tertiary/aromatic N) is 3. The Bertz CT molecular complexity index is 1030. The average molecular weight is 358 g/mol. The highest BCUT2D eigenvalue weighted by Gasteiger charge is 2.29. The SMILES string of the molecule is Cc1nc(C#N)c(NC(=O)OCC2c3ccccc3-c3ccccc32)n1C. The summed E-state index contributed by atoms with van der Waals surface area (Å²) in [5.41, 5.74) is 4.83. The molecule has 0 fully saturated rings. The van der Waals surface area contributed by atoms with Gasteiger partial charge in [0.2, 0.25) is 0 Å². The van der Waals surface area contributed by atoms with Gasteiger partial charge in [0.1, 0.15) is 18.5 Å². The zero-order valence-electron chi connectivity index (χ0n) is 15.1. The van der Waals surface area contributed by atoms with Crippen LogP contribution >= 0.6 is 0 Å². The first kappa shape index (κ1) is 16.9. The van der Waals surface area contributed by atoms with Crippen LogP contribution in [0, 0.1) is 18.3 Å². The number of rotatable bonds is 3. The van der Waals surface area contributed by atoms with E-state index in [1.54, 1.807) is 18.5 Å². The lowest BCUT2D eigenvalue weighted by atomic mass is 9.98. The van der Waals surface area contributed by atoms with E-state index < -0.39 is 6.09 Å². The number of fused-ring (bicyclic) bond motifs is 3. The number of aryl methyl sites for hydroxylation is 1. The van der Waals surface area contributed by atoms with Crippen LogP contribution in [0.5, 0.6) is 0 Å². The fraction of sp³-hybridized carbons (Fsp3) is 0.190. The number of carbonyl (C=O) groups excluding carboxylic acids is 1. The van der Waals surface area contributed by atoms with Crippen molar-refractivity contribution < 1.29 is 9.53 Å².